The molecule has 1 fully saturated rings. The summed E-state index contributed by atoms with van der Waals surface area (Å²) in [5.41, 5.74) is 0. The fraction of sp³-hybridized carbons (Fsp3) is 0.900. The Kier molecular flexibility index (Phi) is 3.10. The normalized spacial score (nSPS) is 34.5. The molecule has 1 rings (SSSR count). The standard InChI is InChI=1S/C10H18O/c1-8-6-4-3-5-7-9(2)10(8)11/h8-9H,3-7H2,1-2H3. The lowest BCUT2D eigenvalue weighted by Gasteiger charge is -2.19. The fourth-order valence-electron chi connectivity index (χ4n) is 1.85. The summed E-state index contributed by atoms with van der Waals surface area (Å²) in [5.74, 6) is 1.14. The van der Waals surface area contributed by atoms with E-state index in [1.165, 1.54) is 19.3 Å². The van der Waals surface area contributed by atoms with E-state index in [0.29, 0.717) is 17.6 Å². The number of hydrogen-bond acceptors (Lipinski definition) is 1. The van der Waals surface area contributed by atoms with Crippen molar-refractivity contribution in [3.05, 3.63) is 0 Å². The highest BCUT2D eigenvalue weighted by Gasteiger charge is 2.20. The van der Waals surface area contributed by atoms with Gasteiger partial charge in [-0.1, -0.05) is 33.1 Å². The van der Waals surface area contributed by atoms with Crippen molar-refractivity contribution in [1.82, 2.24) is 0 Å². The fourth-order valence-corrected chi connectivity index (χ4v) is 1.85. The van der Waals surface area contributed by atoms with Gasteiger partial charge in [-0.15, -0.1) is 0 Å². The third-order valence-electron chi connectivity index (χ3n) is 2.75. The van der Waals surface area contributed by atoms with Gasteiger partial charge in [0.1, 0.15) is 5.78 Å². The van der Waals surface area contributed by atoms with E-state index >= 15 is 0 Å². The zero-order chi connectivity index (χ0) is 8.27. The molecule has 0 aliphatic heterocycles. The highest BCUT2D eigenvalue weighted by atomic mass is 16.1. The minimum absolute atomic E-state index is 0.324. The highest BCUT2D eigenvalue weighted by Crippen LogP contribution is 2.22. The van der Waals surface area contributed by atoms with Crippen LogP contribution in [-0.2, 0) is 4.79 Å². The molecule has 64 valence electrons. The van der Waals surface area contributed by atoms with E-state index in [-0.39, 0.29) is 0 Å². The Morgan fingerprint density at radius 1 is 1.00 bits per heavy atom. The van der Waals surface area contributed by atoms with Gasteiger partial charge in [-0.2, -0.15) is 0 Å². The molecule has 0 amide bonds. The Balaban J connectivity index is 2.49. The largest absolute Gasteiger partial charge is 0.299 e. The predicted octanol–water partition coefficient (Wildman–Crippen LogP) is 2.79. The first-order chi connectivity index (χ1) is 5.22. The van der Waals surface area contributed by atoms with Crippen LogP contribution in [-0.4, -0.2) is 5.78 Å². The SMILES string of the molecule is CC1CCCCCC(C)C1=O. The third-order valence-corrected chi connectivity index (χ3v) is 2.75. The Morgan fingerprint density at radius 2 is 1.45 bits per heavy atom. The van der Waals surface area contributed by atoms with Crippen LogP contribution in [0, 0.1) is 11.8 Å². The van der Waals surface area contributed by atoms with Crippen molar-refractivity contribution >= 4 is 5.78 Å². The molecule has 1 heteroatoms. The van der Waals surface area contributed by atoms with E-state index in [4.69, 9.17) is 0 Å². The summed E-state index contributed by atoms with van der Waals surface area (Å²) in [4.78, 5) is 11.5. The summed E-state index contributed by atoms with van der Waals surface area (Å²) in [7, 11) is 0. The van der Waals surface area contributed by atoms with Gasteiger partial charge >= 0.3 is 0 Å². The first-order valence-corrected chi connectivity index (χ1v) is 4.75. The monoisotopic (exact) mass is 154 g/mol. The summed E-state index contributed by atoms with van der Waals surface area (Å²) < 4.78 is 0. The molecule has 0 heterocycles. The van der Waals surface area contributed by atoms with Gasteiger partial charge in [-0.25, -0.2) is 0 Å². The van der Waals surface area contributed by atoms with Crippen molar-refractivity contribution < 1.29 is 4.79 Å². The van der Waals surface area contributed by atoms with Crippen LogP contribution in [0.2, 0.25) is 0 Å². The van der Waals surface area contributed by atoms with Gasteiger partial charge in [0.25, 0.3) is 0 Å². The van der Waals surface area contributed by atoms with E-state index in [0.717, 1.165) is 12.8 Å². The van der Waals surface area contributed by atoms with Crippen molar-refractivity contribution in [2.45, 2.75) is 46.0 Å². The van der Waals surface area contributed by atoms with Gasteiger partial charge in [0.15, 0.2) is 0 Å². The second-order valence-corrected chi connectivity index (χ2v) is 3.84. The van der Waals surface area contributed by atoms with Gasteiger partial charge in [0.2, 0.25) is 0 Å². The first-order valence-electron chi connectivity index (χ1n) is 4.75. The lowest BCUT2D eigenvalue weighted by atomic mass is 9.85. The molecule has 1 nitrogen and oxygen atoms in total. The molecule has 0 bridgehead atoms. The summed E-state index contributed by atoms with van der Waals surface area (Å²) in [6, 6.07) is 0. The van der Waals surface area contributed by atoms with Crippen LogP contribution >= 0.6 is 0 Å². The van der Waals surface area contributed by atoms with Crippen LogP contribution in [0.15, 0.2) is 0 Å². The van der Waals surface area contributed by atoms with Crippen molar-refractivity contribution in [3.8, 4) is 0 Å². The van der Waals surface area contributed by atoms with Crippen LogP contribution in [0.1, 0.15) is 46.0 Å². The molecule has 1 saturated carbocycles. The molecule has 1 aliphatic rings. The third kappa shape index (κ3) is 2.32. The molecule has 11 heavy (non-hydrogen) atoms. The van der Waals surface area contributed by atoms with Crippen molar-refractivity contribution in [2.75, 3.05) is 0 Å². The van der Waals surface area contributed by atoms with Gasteiger partial charge < -0.3 is 0 Å². The molecular formula is C10H18O. The van der Waals surface area contributed by atoms with Crippen LogP contribution in [0.25, 0.3) is 0 Å². The summed E-state index contributed by atoms with van der Waals surface area (Å²) in [6.07, 6.45) is 6.05. The second-order valence-electron chi connectivity index (χ2n) is 3.84. The highest BCUT2D eigenvalue weighted by molar-refractivity contribution is 5.82. The van der Waals surface area contributed by atoms with Crippen LogP contribution in [0.5, 0.6) is 0 Å². The maximum atomic E-state index is 11.5. The number of rotatable bonds is 0. The van der Waals surface area contributed by atoms with Gasteiger partial charge in [0.05, 0.1) is 0 Å². The van der Waals surface area contributed by atoms with E-state index < -0.39 is 0 Å². The molecule has 0 aromatic carbocycles. The maximum absolute atomic E-state index is 11.5. The molecule has 2 atom stereocenters. The second kappa shape index (κ2) is 3.89. The first kappa shape index (κ1) is 8.76. The van der Waals surface area contributed by atoms with Crippen molar-refractivity contribution in [2.24, 2.45) is 11.8 Å². The number of Topliss-reactive ketones (excluding diaryl/α,β-unsaturated/α-hetero) is 1. The molecule has 0 saturated heterocycles. The average Bonchev–Trinajstić information content (AvgIpc) is 2.00. The Bertz CT molecular complexity index is 126. The van der Waals surface area contributed by atoms with Crippen molar-refractivity contribution in [3.63, 3.8) is 0 Å². The Hall–Kier alpha value is -0.330. The minimum Gasteiger partial charge on any atom is -0.299 e. The summed E-state index contributed by atoms with van der Waals surface area (Å²) in [5, 5.41) is 0. The summed E-state index contributed by atoms with van der Waals surface area (Å²) >= 11 is 0. The number of carbonyl (C=O) groups excluding carboxylic acids is 1. The molecule has 0 aromatic rings. The lowest BCUT2D eigenvalue weighted by molar-refractivity contribution is -0.126. The number of hydrogen-bond donors (Lipinski definition) is 0. The van der Waals surface area contributed by atoms with Gasteiger partial charge in [0, 0.05) is 11.8 Å². The van der Waals surface area contributed by atoms with Gasteiger partial charge in [-0.3, -0.25) is 4.79 Å². The van der Waals surface area contributed by atoms with Gasteiger partial charge in [-0.05, 0) is 12.8 Å². The van der Waals surface area contributed by atoms with E-state index in [2.05, 4.69) is 13.8 Å². The predicted molar refractivity (Wildman–Crippen MR) is 46.4 cm³/mol. The molecule has 0 aromatic heterocycles. The number of ketones is 1. The molecule has 0 radical (unpaired) electrons. The zero-order valence-electron chi connectivity index (χ0n) is 7.60. The molecule has 0 spiro atoms. The quantitative estimate of drug-likeness (QED) is 0.524. The van der Waals surface area contributed by atoms with Crippen LogP contribution in [0.4, 0.5) is 0 Å². The number of carbonyl (C=O) groups is 1. The van der Waals surface area contributed by atoms with Crippen LogP contribution < -0.4 is 0 Å². The van der Waals surface area contributed by atoms with E-state index in [1.54, 1.807) is 0 Å². The smallest absolute Gasteiger partial charge is 0.138 e. The molecule has 1 aliphatic carbocycles. The van der Waals surface area contributed by atoms with E-state index in [1.807, 2.05) is 0 Å². The lowest BCUT2D eigenvalue weighted by Crippen LogP contribution is -2.21. The molecular weight excluding hydrogens is 136 g/mol. The van der Waals surface area contributed by atoms with Crippen molar-refractivity contribution in [1.29, 1.82) is 0 Å². The van der Waals surface area contributed by atoms with Crippen LogP contribution in [0.3, 0.4) is 0 Å². The average molecular weight is 154 g/mol. The zero-order valence-corrected chi connectivity index (χ0v) is 7.60. The minimum atomic E-state index is 0.324. The maximum Gasteiger partial charge on any atom is 0.138 e. The Morgan fingerprint density at radius 3 is 1.91 bits per heavy atom. The molecule has 2 unspecified atom stereocenters. The summed E-state index contributed by atoms with van der Waals surface area (Å²) in [6.45, 7) is 4.15. The topological polar surface area (TPSA) is 17.1 Å². The molecule has 0 N–H and O–H groups in total. The van der Waals surface area contributed by atoms with E-state index in [9.17, 15) is 4.79 Å². The Labute approximate surface area is 69.2 Å².